The lowest BCUT2D eigenvalue weighted by molar-refractivity contribution is -0.115. The monoisotopic (exact) mass is 390 g/mol. The van der Waals surface area contributed by atoms with E-state index in [0.29, 0.717) is 22.8 Å². The Labute approximate surface area is 163 Å². The van der Waals surface area contributed by atoms with Crippen molar-refractivity contribution in [3.8, 4) is 0 Å². The van der Waals surface area contributed by atoms with Crippen molar-refractivity contribution in [2.45, 2.75) is 36.8 Å². The number of amides is 2. The van der Waals surface area contributed by atoms with Crippen molar-refractivity contribution in [3.05, 3.63) is 59.1 Å². The van der Waals surface area contributed by atoms with Crippen LogP contribution in [0.15, 0.2) is 53.4 Å². The summed E-state index contributed by atoms with van der Waals surface area (Å²) in [6.07, 6.45) is 1.94. The second kappa shape index (κ2) is 10.2. The van der Waals surface area contributed by atoms with Gasteiger partial charge in [0.2, 0.25) is 5.91 Å². The molecule has 0 fully saturated rings. The molecule has 0 radical (unpaired) electrons. The topological polar surface area (TPSA) is 58.2 Å². The van der Waals surface area contributed by atoms with Crippen LogP contribution in [0.3, 0.4) is 0 Å². The molecular weight excluding hydrogens is 368 g/mol. The van der Waals surface area contributed by atoms with Gasteiger partial charge in [-0.1, -0.05) is 37.1 Å². The lowest BCUT2D eigenvalue weighted by Crippen LogP contribution is -2.28. The first kappa shape index (κ1) is 20.3. The highest BCUT2D eigenvalue weighted by Crippen LogP contribution is 2.26. The number of hydrogen-bond acceptors (Lipinski definition) is 3. The van der Waals surface area contributed by atoms with Crippen molar-refractivity contribution in [2.75, 3.05) is 11.9 Å². The van der Waals surface area contributed by atoms with Gasteiger partial charge in [0.05, 0.1) is 16.5 Å². The first-order valence-electron chi connectivity index (χ1n) is 8.61. The van der Waals surface area contributed by atoms with E-state index in [9.17, 15) is 9.59 Å². The number of para-hydroxylation sites is 1. The average Bonchev–Trinajstić information content (AvgIpc) is 2.64. The average molecular weight is 391 g/mol. The smallest absolute Gasteiger partial charge is 0.253 e. The fraction of sp³-hybridized carbons (Fsp3) is 0.300. The lowest BCUT2D eigenvalue weighted by Gasteiger charge is -2.15. The number of thioether (sulfide) groups is 1. The number of halogens is 1. The van der Waals surface area contributed by atoms with Crippen molar-refractivity contribution in [3.63, 3.8) is 0 Å². The number of benzene rings is 2. The van der Waals surface area contributed by atoms with E-state index in [1.54, 1.807) is 36.4 Å². The number of nitrogens with one attached hydrogen (secondary N) is 2. The zero-order valence-corrected chi connectivity index (χ0v) is 16.5. The van der Waals surface area contributed by atoms with E-state index in [1.165, 1.54) is 11.8 Å². The van der Waals surface area contributed by atoms with E-state index < -0.39 is 0 Å². The molecule has 138 valence electrons. The summed E-state index contributed by atoms with van der Waals surface area (Å²) in [5.41, 5.74) is 0.996. The van der Waals surface area contributed by atoms with Crippen molar-refractivity contribution in [2.24, 2.45) is 0 Å². The van der Waals surface area contributed by atoms with Gasteiger partial charge in [-0.3, -0.25) is 9.59 Å². The standard InChI is InChI=1S/C20H23ClN2O2S/c1-3-4-13-22-20(25)17-7-5-6-8-18(17)23-19(24)14(2)26-16-11-9-15(21)10-12-16/h5-12,14H,3-4,13H2,1-2H3,(H,22,25)(H,23,24)/t14-/m0/s1. The summed E-state index contributed by atoms with van der Waals surface area (Å²) in [7, 11) is 0. The number of unbranched alkanes of at least 4 members (excludes halogenated alkanes) is 1. The molecule has 0 aliphatic carbocycles. The highest BCUT2D eigenvalue weighted by Gasteiger charge is 2.18. The predicted molar refractivity (Wildman–Crippen MR) is 109 cm³/mol. The zero-order valence-electron chi connectivity index (χ0n) is 14.9. The minimum Gasteiger partial charge on any atom is -0.352 e. The molecule has 0 saturated carbocycles. The highest BCUT2D eigenvalue weighted by atomic mass is 35.5. The maximum atomic E-state index is 12.5. The molecule has 0 unspecified atom stereocenters. The van der Waals surface area contributed by atoms with Crippen LogP contribution in [0.5, 0.6) is 0 Å². The molecule has 0 aliphatic heterocycles. The largest absolute Gasteiger partial charge is 0.352 e. The predicted octanol–water partition coefficient (Wildman–Crippen LogP) is 4.99. The molecule has 2 aromatic rings. The van der Waals surface area contributed by atoms with Gasteiger partial charge in [-0.25, -0.2) is 0 Å². The number of carbonyl (C=O) groups excluding carboxylic acids is 2. The molecule has 2 rings (SSSR count). The molecule has 0 aromatic heterocycles. The van der Waals surface area contributed by atoms with Crippen LogP contribution in [0.4, 0.5) is 5.69 Å². The minimum atomic E-state index is -0.313. The minimum absolute atomic E-state index is 0.154. The van der Waals surface area contributed by atoms with Gasteiger partial charge >= 0.3 is 0 Å². The van der Waals surface area contributed by atoms with Crippen LogP contribution in [-0.4, -0.2) is 23.6 Å². The maximum absolute atomic E-state index is 12.5. The Morgan fingerprint density at radius 3 is 2.50 bits per heavy atom. The Balaban J connectivity index is 2.01. The summed E-state index contributed by atoms with van der Waals surface area (Å²) in [4.78, 5) is 25.8. The fourth-order valence-corrected chi connectivity index (χ4v) is 3.26. The van der Waals surface area contributed by atoms with E-state index in [0.717, 1.165) is 17.7 Å². The van der Waals surface area contributed by atoms with Gasteiger partial charge in [-0.15, -0.1) is 11.8 Å². The van der Waals surface area contributed by atoms with E-state index in [2.05, 4.69) is 17.6 Å². The molecule has 6 heteroatoms. The van der Waals surface area contributed by atoms with E-state index in [4.69, 9.17) is 11.6 Å². The van der Waals surface area contributed by atoms with Crippen LogP contribution in [0, 0.1) is 0 Å². The van der Waals surface area contributed by atoms with Crippen LogP contribution in [0.1, 0.15) is 37.0 Å². The van der Waals surface area contributed by atoms with Gasteiger partial charge in [0.15, 0.2) is 0 Å². The van der Waals surface area contributed by atoms with Crippen LogP contribution < -0.4 is 10.6 Å². The molecule has 0 bridgehead atoms. The third kappa shape index (κ3) is 6.07. The van der Waals surface area contributed by atoms with Crippen LogP contribution in [0.2, 0.25) is 5.02 Å². The SMILES string of the molecule is CCCCNC(=O)c1ccccc1NC(=O)[C@H](C)Sc1ccc(Cl)cc1. The van der Waals surface area contributed by atoms with Crippen molar-refractivity contribution in [1.82, 2.24) is 5.32 Å². The van der Waals surface area contributed by atoms with E-state index >= 15 is 0 Å². The first-order valence-corrected chi connectivity index (χ1v) is 9.87. The maximum Gasteiger partial charge on any atom is 0.253 e. The molecular formula is C20H23ClN2O2S. The van der Waals surface area contributed by atoms with Crippen molar-refractivity contribution >= 4 is 40.9 Å². The molecule has 0 heterocycles. The Morgan fingerprint density at radius 2 is 1.81 bits per heavy atom. The van der Waals surface area contributed by atoms with Gasteiger partial charge in [-0.05, 0) is 49.7 Å². The summed E-state index contributed by atoms with van der Waals surface area (Å²) in [5.74, 6) is -0.328. The lowest BCUT2D eigenvalue weighted by atomic mass is 10.1. The van der Waals surface area contributed by atoms with E-state index in [1.807, 2.05) is 19.1 Å². The molecule has 2 N–H and O–H groups in total. The van der Waals surface area contributed by atoms with Crippen LogP contribution in [-0.2, 0) is 4.79 Å². The molecule has 0 spiro atoms. The second-order valence-corrected chi connectivity index (χ2v) is 7.71. The fourth-order valence-electron chi connectivity index (χ4n) is 2.27. The Bertz CT molecular complexity index is 750. The number of hydrogen-bond donors (Lipinski definition) is 2. The highest BCUT2D eigenvalue weighted by molar-refractivity contribution is 8.00. The first-order chi connectivity index (χ1) is 12.5. The number of anilines is 1. The van der Waals surface area contributed by atoms with E-state index in [-0.39, 0.29) is 17.1 Å². The summed E-state index contributed by atoms with van der Waals surface area (Å²) in [6.45, 7) is 4.53. The molecule has 2 aromatic carbocycles. The molecule has 2 amide bonds. The van der Waals surface area contributed by atoms with Gasteiger partial charge in [0, 0.05) is 16.5 Å². The summed E-state index contributed by atoms with van der Waals surface area (Å²) in [6, 6.07) is 14.4. The Morgan fingerprint density at radius 1 is 1.12 bits per heavy atom. The molecule has 0 aliphatic rings. The molecule has 4 nitrogen and oxygen atoms in total. The Hall–Kier alpha value is -1.98. The van der Waals surface area contributed by atoms with Crippen LogP contribution >= 0.6 is 23.4 Å². The number of carbonyl (C=O) groups is 2. The quantitative estimate of drug-likeness (QED) is 0.493. The Kier molecular flexibility index (Phi) is 8.01. The molecule has 1 atom stereocenters. The van der Waals surface area contributed by atoms with Crippen molar-refractivity contribution in [1.29, 1.82) is 0 Å². The third-order valence-corrected chi connectivity index (χ3v) is 5.11. The summed E-state index contributed by atoms with van der Waals surface area (Å²) < 4.78 is 0. The second-order valence-electron chi connectivity index (χ2n) is 5.86. The van der Waals surface area contributed by atoms with Crippen LogP contribution in [0.25, 0.3) is 0 Å². The normalized spacial score (nSPS) is 11.7. The van der Waals surface area contributed by atoms with Crippen molar-refractivity contribution < 1.29 is 9.59 Å². The summed E-state index contributed by atoms with van der Waals surface area (Å²) in [5, 5.41) is 6.10. The van der Waals surface area contributed by atoms with Gasteiger partial charge < -0.3 is 10.6 Å². The number of rotatable bonds is 8. The molecule has 0 saturated heterocycles. The zero-order chi connectivity index (χ0) is 18.9. The third-order valence-electron chi connectivity index (χ3n) is 3.74. The van der Waals surface area contributed by atoms with Gasteiger partial charge in [-0.2, -0.15) is 0 Å². The van der Waals surface area contributed by atoms with Gasteiger partial charge in [0.1, 0.15) is 0 Å². The van der Waals surface area contributed by atoms with Gasteiger partial charge in [0.25, 0.3) is 5.91 Å². The summed E-state index contributed by atoms with van der Waals surface area (Å²) >= 11 is 7.32. The molecule has 26 heavy (non-hydrogen) atoms.